The Kier molecular flexibility index (Phi) is 14.2. The van der Waals surface area contributed by atoms with Crippen molar-refractivity contribution in [2.24, 2.45) is 0 Å². The third kappa shape index (κ3) is 9.24. The largest absolute Gasteiger partial charge is 0.459 e. The van der Waals surface area contributed by atoms with Crippen LogP contribution in [0.25, 0.3) is 0 Å². The van der Waals surface area contributed by atoms with Gasteiger partial charge in [-0.1, -0.05) is 142 Å². The Morgan fingerprint density at radius 1 is 0.896 bits per heavy atom. The van der Waals surface area contributed by atoms with Gasteiger partial charge < -0.3 is 13.9 Å². The van der Waals surface area contributed by atoms with E-state index in [0.29, 0.717) is 19.4 Å². The summed E-state index contributed by atoms with van der Waals surface area (Å²) in [6, 6.07) is 28.0. The van der Waals surface area contributed by atoms with Gasteiger partial charge in [-0.2, -0.15) is 13.2 Å². The van der Waals surface area contributed by atoms with Crippen LogP contribution in [0.4, 0.5) is 13.2 Å². The van der Waals surface area contributed by atoms with Crippen LogP contribution in [-0.4, -0.2) is 40.3 Å². The molecule has 258 valence electrons. The Balaban J connectivity index is 1.60. The Bertz CT molecular complexity index is 1440. The maximum Gasteiger partial charge on any atom is 0.432 e. The Hall–Kier alpha value is -3.72. The SMILES string of the molecule is C=CC[C@@H](CC/C(C)=C/C=C/CCCO[Si](c1ccccc1)(c1ccccc1)C(C)(C)C)OC(=O)C(OC)(c1ccccc1)C(F)(F)F. The first kappa shape index (κ1) is 38.7. The number of carbonyl (C=O) groups excluding carboxylic acids is 1. The average Bonchev–Trinajstić information content (AvgIpc) is 3.05. The van der Waals surface area contributed by atoms with Crippen molar-refractivity contribution in [2.45, 2.75) is 82.7 Å². The Morgan fingerprint density at radius 3 is 1.92 bits per heavy atom. The number of ether oxygens (including phenoxy) is 2. The van der Waals surface area contributed by atoms with E-state index >= 15 is 0 Å². The summed E-state index contributed by atoms with van der Waals surface area (Å²) in [7, 11) is -1.70. The van der Waals surface area contributed by atoms with Crippen LogP contribution in [0, 0.1) is 0 Å². The molecule has 0 aliphatic rings. The molecule has 1 unspecified atom stereocenters. The summed E-state index contributed by atoms with van der Waals surface area (Å²) in [6.45, 7) is 13.1. The summed E-state index contributed by atoms with van der Waals surface area (Å²) >= 11 is 0. The summed E-state index contributed by atoms with van der Waals surface area (Å²) < 4.78 is 60.2. The molecular weight excluding hydrogens is 630 g/mol. The second-order valence-corrected chi connectivity index (χ2v) is 17.2. The molecule has 2 atom stereocenters. The predicted molar refractivity (Wildman–Crippen MR) is 191 cm³/mol. The predicted octanol–water partition coefficient (Wildman–Crippen LogP) is 9.22. The van der Waals surface area contributed by atoms with Crippen LogP contribution >= 0.6 is 0 Å². The molecule has 0 radical (unpaired) electrons. The molecule has 48 heavy (non-hydrogen) atoms. The normalized spacial score (nSPS) is 14.8. The van der Waals surface area contributed by atoms with Gasteiger partial charge in [0.05, 0.1) is 0 Å². The van der Waals surface area contributed by atoms with Crippen molar-refractivity contribution in [3.05, 3.63) is 133 Å². The van der Waals surface area contributed by atoms with Gasteiger partial charge in [-0.15, -0.1) is 6.58 Å². The van der Waals surface area contributed by atoms with Crippen molar-refractivity contribution >= 4 is 24.7 Å². The van der Waals surface area contributed by atoms with Gasteiger partial charge in [0.2, 0.25) is 0 Å². The molecule has 8 heteroatoms. The highest BCUT2D eigenvalue weighted by Gasteiger charge is 2.64. The topological polar surface area (TPSA) is 44.8 Å². The van der Waals surface area contributed by atoms with Crippen LogP contribution in [-0.2, 0) is 24.3 Å². The first-order valence-corrected chi connectivity index (χ1v) is 18.3. The van der Waals surface area contributed by atoms with E-state index < -0.39 is 32.2 Å². The number of esters is 1. The summed E-state index contributed by atoms with van der Waals surface area (Å²) in [4.78, 5) is 13.1. The molecule has 0 fully saturated rings. The van der Waals surface area contributed by atoms with E-state index in [2.05, 4.69) is 82.0 Å². The van der Waals surface area contributed by atoms with Crippen LogP contribution in [0.2, 0.25) is 5.04 Å². The second kappa shape index (κ2) is 17.6. The van der Waals surface area contributed by atoms with E-state index in [1.165, 1.54) is 40.7 Å². The summed E-state index contributed by atoms with van der Waals surface area (Å²) in [5.74, 6) is -1.49. The first-order chi connectivity index (χ1) is 22.8. The fourth-order valence-corrected chi connectivity index (χ4v) is 10.6. The number of methoxy groups -OCH3 is 1. The fourth-order valence-electron chi connectivity index (χ4n) is 6.02. The van der Waals surface area contributed by atoms with Gasteiger partial charge in [-0.05, 0) is 48.0 Å². The second-order valence-electron chi connectivity index (χ2n) is 12.9. The lowest BCUT2D eigenvalue weighted by atomic mass is 9.92. The smallest absolute Gasteiger partial charge is 0.432 e. The molecular formula is C40H49F3O4Si. The number of hydrogen-bond acceptors (Lipinski definition) is 4. The van der Waals surface area contributed by atoms with Gasteiger partial charge in [0.25, 0.3) is 13.9 Å². The van der Waals surface area contributed by atoms with Crippen molar-refractivity contribution < 1.29 is 31.9 Å². The molecule has 0 saturated carbocycles. The highest BCUT2D eigenvalue weighted by Crippen LogP contribution is 2.43. The zero-order valence-electron chi connectivity index (χ0n) is 28.8. The molecule has 0 aliphatic heterocycles. The van der Waals surface area contributed by atoms with Crippen LogP contribution in [0.1, 0.15) is 65.4 Å². The number of carbonyl (C=O) groups is 1. The van der Waals surface area contributed by atoms with Gasteiger partial charge in [0.15, 0.2) is 0 Å². The minimum atomic E-state index is -5.02. The molecule has 0 aliphatic carbocycles. The number of unbranched alkanes of at least 4 members (excludes halogenated alkanes) is 1. The molecule has 0 aromatic heterocycles. The lowest BCUT2D eigenvalue weighted by molar-refractivity contribution is -0.278. The van der Waals surface area contributed by atoms with Crippen LogP contribution in [0.3, 0.4) is 0 Å². The number of benzene rings is 3. The monoisotopic (exact) mass is 678 g/mol. The number of hydrogen-bond donors (Lipinski definition) is 0. The molecule has 0 bridgehead atoms. The van der Waals surface area contributed by atoms with Crippen LogP contribution < -0.4 is 10.4 Å². The molecule has 0 amide bonds. The lowest BCUT2D eigenvalue weighted by Gasteiger charge is -2.43. The van der Waals surface area contributed by atoms with Crippen molar-refractivity contribution in [2.75, 3.05) is 13.7 Å². The van der Waals surface area contributed by atoms with E-state index in [1.807, 2.05) is 31.2 Å². The maximum atomic E-state index is 14.3. The molecule has 4 nitrogen and oxygen atoms in total. The zero-order chi connectivity index (χ0) is 35.3. The summed E-state index contributed by atoms with van der Waals surface area (Å²) in [5.41, 5.74) is -2.54. The quantitative estimate of drug-likeness (QED) is 0.0470. The first-order valence-electron chi connectivity index (χ1n) is 16.4. The van der Waals surface area contributed by atoms with Gasteiger partial charge in [0.1, 0.15) is 6.10 Å². The average molecular weight is 679 g/mol. The van der Waals surface area contributed by atoms with E-state index in [-0.39, 0.29) is 17.0 Å². The minimum Gasteiger partial charge on any atom is -0.459 e. The number of rotatable bonds is 17. The molecule has 0 spiro atoms. The van der Waals surface area contributed by atoms with Crippen molar-refractivity contribution in [3.63, 3.8) is 0 Å². The Labute approximate surface area is 285 Å². The van der Waals surface area contributed by atoms with Crippen molar-refractivity contribution in [3.8, 4) is 0 Å². The van der Waals surface area contributed by atoms with Gasteiger partial charge >= 0.3 is 12.1 Å². The highest BCUT2D eigenvalue weighted by atomic mass is 28.4. The van der Waals surface area contributed by atoms with Gasteiger partial charge in [0, 0.05) is 25.7 Å². The van der Waals surface area contributed by atoms with E-state index in [1.54, 1.807) is 6.07 Å². The third-order valence-electron chi connectivity index (χ3n) is 8.50. The van der Waals surface area contributed by atoms with E-state index in [0.717, 1.165) is 25.5 Å². The summed E-state index contributed by atoms with van der Waals surface area (Å²) in [5, 5.41) is 2.43. The molecule has 3 aromatic rings. The third-order valence-corrected chi connectivity index (χ3v) is 13.5. The van der Waals surface area contributed by atoms with Crippen molar-refractivity contribution in [1.82, 2.24) is 0 Å². The number of alkyl halides is 3. The molecule has 0 heterocycles. The van der Waals surface area contributed by atoms with Crippen LogP contribution in [0.5, 0.6) is 0 Å². The number of allylic oxidation sites excluding steroid dienone is 4. The molecule has 3 aromatic carbocycles. The molecule has 3 rings (SSSR count). The van der Waals surface area contributed by atoms with Gasteiger partial charge in [-0.3, -0.25) is 0 Å². The Morgan fingerprint density at radius 2 is 1.44 bits per heavy atom. The molecule has 0 saturated heterocycles. The van der Waals surface area contributed by atoms with Crippen LogP contribution in [0.15, 0.2) is 127 Å². The van der Waals surface area contributed by atoms with Gasteiger partial charge in [-0.25, -0.2) is 4.79 Å². The standard InChI is InChI=1S/C40H49F3O4Si/c1-7-21-34(47-37(44)39(45-6,40(41,42)43)33-23-14-10-15-24-33)30-29-32(2)22-13-8-9-20-31-46-48(38(3,4)5,35-25-16-11-17-26-35)36-27-18-12-19-28-36/h7-8,10-19,22-28,34H,1,9,20-21,29-31H2,2-6H3/b13-8+,32-22+/t34-,39?/m0/s1. The lowest BCUT2D eigenvalue weighted by Crippen LogP contribution is -2.66. The molecule has 0 N–H and O–H groups in total. The maximum absolute atomic E-state index is 14.3. The summed E-state index contributed by atoms with van der Waals surface area (Å²) in [6.07, 6.45) is 4.56. The highest BCUT2D eigenvalue weighted by molar-refractivity contribution is 6.99. The minimum absolute atomic E-state index is 0.0808. The van der Waals surface area contributed by atoms with E-state index in [9.17, 15) is 18.0 Å². The fraction of sp³-hybridized carbons (Fsp3) is 0.375. The zero-order valence-corrected chi connectivity index (χ0v) is 29.8. The number of halogens is 3. The van der Waals surface area contributed by atoms with Crippen molar-refractivity contribution in [1.29, 1.82) is 0 Å². The van der Waals surface area contributed by atoms with E-state index in [4.69, 9.17) is 13.9 Å².